The fraction of sp³-hybridized carbons (Fsp3) is 0.385. The number of hydrogen-bond donors (Lipinski definition) is 2. The Morgan fingerprint density at radius 1 is 1.42 bits per heavy atom. The summed E-state index contributed by atoms with van der Waals surface area (Å²) in [5.41, 5.74) is 0.517. The van der Waals surface area contributed by atoms with Crippen molar-refractivity contribution in [1.82, 2.24) is 5.32 Å². The summed E-state index contributed by atoms with van der Waals surface area (Å²) in [5.74, 6) is -1.12. The van der Waals surface area contributed by atoms with Gasteiger partial charge in [0.05, 0.1) is 12.0 Å². The summed E-state index contributed by atoms with van der Waals surface area (Å²) in [4.78, 5) is 23.0. The molecule has 1 aromatic rings. The minimum atomic E-state index is -0.916. The second-order valence-electron chi connectivity index (χ2n) is 4.55. The zero-order valence-electron chi connectivity index (χ0n) is 10.6. The molecule has 1 aromatic carbocycles. The number of rotatable bonds is 5. The normalized spacial score (nSPS) is 12.3. The minimum Gasteiger partial charge on any atom is -0.481 e. The highest BCUT2D eigenvalue weighted by molar-refractivity contribution is 14.1. The molecule has 0 saturated heterocycles. The van der Waals surface area contributed by atoms with Crippen molar-refractivity contribution in [2.75, 3.05) is 0 Å². The summed E-state index contributed by atoms with van der Waals surface area (Å²) in [5, 5.41) is 11.6. The quantitative estimate of drug-likeness (QED) is 0.692. The Labute approximate surface area is 134 Å². The van der Waals surface area contributed by atoms with Gasteiger partial charge in [0.25, 0.3) is 5.91 Å². The number of benzene rings is 1. The third-order valence-corrected chi connectivity index (χ3v) is 4.05. The molecule has 6 heteroatoms. The van der Waals surface area contributed by atoms with Crippen LogP contribution < -0.4 is 5.32 Å². The summed E-state index contributed by atoms with van der Waals surface area (Å²) in [7, 11) is 0. The van der Waals surface area contributed by atoms with E-state index < -0.39 is 5.97 Å². The Hall–Kier alpha value is -0.630. The molecule has 0 aliphatic rings. The molecular formula is C13H15BrINO3. The van der Waals surface area contributed by atoms with Gasteiger partial charge in [-0.15, -0.1) is 0 Å². The van der Waals surface area contributed by atoms with Gasteiger partial charge in [-0.1, -0.05) is 13.8 Å². The highest BCUT2D eigenvalue weighted by atomic mass is 127. The van der Waals surface area contributed by atoms with Crippen molar-refractivity contribution in [3.8, 4) is 0 Å². The van der Waals surface area contributed by atoms with Crippen molar-refractivity contribution in [3.63, 3.8) is 0 Å². The van der Waals surface area contributed by atoms with E-state index in [0.29, 0.717) is 10.0 Å². The average molecular weight is 440 g/mol. The predicted octanol–water partition coefficient (Wildman–Crippen LogP) is 3.28. The molecule has 19 heavy (non-hydrogen) atoms. The zero-order valence-corrected chi connectivity index (χ0v) is 14.4. The van der Waals surface area contributed by atoms with Crippen LogP contribution in [0.4, 0.5) is 0 Å². The van der Waals surface area contributed by atoms with Crippen LogP contribution in [0, 0.1) is 9.49 Å². The molecule has 0 spiro atoms. The van der Waals surface area contributed by atoms with E-state index >= 15 is 0 Å². The van der Waals surface area contributed by atoms with Gasteiger partial charge in [-0.05, 0) is 62.6 Å². The molecule has 0 bridgehead atoms. The van der Waals surface area contributed by atoms with E-state index in [-0.39, 0.29) is 24.3 Å². The van der Waals surface area contributed by atoms with Crippen molar-refractivity contribution in [2.24, 2.45) is 5.92 Å². The first-order valence-electron chi connectivity index (χ1n) is 5.79. The molecule has 2 N–H and O–H groups in total. The van der Waals surface area contributed by atoms with E-state index in [1.54, 1.807) is 12.1 Å². The minimum absolute atomic E-state index is 0.0570. The van der Waals surface area contributed by atoms with E-state index in [1.807, 2.05) is 19.9 Å². The Bertz CT molecular complexity index is 491. The van der Waals surface area contributed by atoms with Crippen molar-refractivity contribution in [1.29, 1.82) is 0 Å². The number of aliphatic carboxylic acids is 1. The molecule has 1 rings (SSSR count). The van der Waals surface area contributed by atoms with Gasteiger partial charge in [0, 0.05) is 14.1 Å². The Morgan fingerprint density at radius 3 is 2.58 bits per heavy atom. The van der Waals surface area contributed by atoms with Gasteiger partial charge in [-0.2, -0.15) is 0 Å². The highest BCUT2D eigenvalue weighted by Crippen LogP contribution is 2.20. The number of carbonyl (C=O) groups is 2. The Balaban J connectivity index is 2.87. The van der Waals surface area contributed by atoms with E-state index in [0.717, 1.165) is 3.57 Å². The molecule has 4 nitrogen and oxygen atoms in total. The Kier molecular flexibility index (Phi) is 6.25. The third kappa shape index (κ3) is 5.10. The molecule has 1 amide bonds. The third-order valence-electron chi connectivity index (χ3n) is 2.69. The van der Waals surface area contributed by atoms with Crippen LogP contribution >= 0.6 is 38.5 Å². The van der Waals surface area contributed by atoms with Gasteiger partial charge in [-0.3, -0.25) is 9.59 Å². The van der Waals surface area contributed by atoms with Crippen molar-refractivity contribution >= 4 is 50.4 Å². The van der Waals surface area contributed by atoms with Crippen molar-refractivity contribution < 1.29 is 14.7 Å². The highest BCUT2D eigenvalue weighted by Gasteiger charge is 2.21. The number of halogens is 2. The fourth-order valence-electron chi connectivity index (χ4n) is 1.56. The summed E-state index contributed by atoms with van der Waals surface area (Å²) in [6, 6.07) is 5.07. The van der Waals surface area contributed by atoms with Crippen LogP contribution in [0.5, 0.6) is 0 Å². The predicted molar refractivity (Wildman–Crippen MR) is 85.2 cm³/mol. The number of carbonyl (C=O) groups excluding carboxylic acids is 1. The van der Waals surface area contributed by atoms with E-state index in [1.165, 1.54) is 0 Å². The average Bonchev–Trinajstić information content (AvgIpc) is 2.30. The Morgan fingerprint density at radius 2 is 2.05 bits per heavy atom. The van der Waals surface area contributed by atoms with E-state index in [9.17, 15) is 9.59 Å². The molecule has 1 unspecified atom stereocenters. The second-order valence-corrected chi connectivity index (χ2v) is 6.65. The molecule has 0 aliphatic heterocycles. The van der Waals surface area contributed by atoms with Crippen LogP contribution in [-0.4, -0.2) is 23.0 Å². The molecular weight excluding hydrogens is 425 g/mol. The monoisotopic (exact) mass is 439 g/mol. The van der Waals surface area contributed by atoms with E-state index in [2.05, 4.69) is 43.8 Å². The summed E-state index contributed by atoms with van der Waals surface area (Å²) < 4.78 is 1.65. The maximum Gasteiger partial charge on any atom is 0.305 e. The number of carboxylic acid groups (broad SMARTS) is 1. The molecule has 0 saturated carbocycles. The number of nitrogens with one attached hydrogen (secondary N) is 1. The van der Waals surface area contributed by atoms with Gasteiger partial charge >= 0.3 is 5.97 Å². The standard InChI is InChI=1S/C13H15BrINO3/c1-7(2)11(6-12(17)18)16-13(19)9-5-8(15)3-4-10(9)14/h3-5,7,11H,6H2,1-2H3,(H,16,19)(H,17,18). The van der Waals surface area contributed by atoms with Crippen LogP contribution in [0.3, 0.4) is 0 Å². The lowest BCUT2D eigenvalue weighted by Gasteiger charge is -2.21. The maximum absolute atomic E-state index is 12.2. The van der Waals surface area contributed by atoms with Gasteiger partial charge < -0.3 is 10.4 Å². The smallest absolute Gasteiger partial charge is 0.305 e. The van der Waals surface area contributed by atoms with Crippen LogP contribution in [0.25, 0.3) is 0 Å². The van der Waals surface area contributed by atoms with Gasteiger partial charge in [0.2, 0.25) is 0 Å². The first kappa shape index (κ1) is 16.4. The second kappa shape index (κ2) is 7.23. The SMILES string of the molecule is CC(C)C(CC(=O)O)NC(=O)c1cc(I)ccc1Br. The number of amides is 1. The van der Waals surface area contributed by atoms with E-state index in [4.69, 9.17) is 5.11 Å². The first-order chi connectivity index (χ1) is 8.81. The van der Waals surface area contributed by atoms with Gasteiger partial charge in [0.1, 0.15) is 0 Å². The van der Waals surface area contributed by atoms with Crippen molar-refractivity contribution in [3.05, 3.63) is 31.8 Å². The maximum atomic E-state index is 12.2. The summed E-state index contributed by atoms with van der Waals surface area (Å²) in [6.07, 6.45) is -0.0784. The van der Waals surface area contributed by atoms with Crippen LogP contribution in [0.1, 0.15) is 30.6 Å². The zero-order chi connectivity index (χ0) is 14.6. The van der Waals surface area contributed by atoms with Gasteiger partial charge in [0.15, 0.2) is 0 Å². The molecule has 1 atom stereocenters. The fourth-order valence-corrected chi connectivity index (χ4v) is 2.48. The van der Waals surface area contributed by atoms with Crippen LogP contribution in [0.2, 0.25) is 0 Å². The molecule has 0 aromatic heterocycles. The molecule has 0 heterocycles. The van der Waals surface area contributed by atoms with Crippen molar-refractivity contribution in [2.45, 2.75) is 26.3 Å². The lowest BCUT2D eigenvalue weighted by atomic mass is 10.0. The molecule has 0 aliphatic carbocycles. The summed E-state index contributed by atoms with van der Waals surface area (Å²) >= 11 is 5.46. The largest absolute Gasteiger partial charge is 0.481 e. The molecule has 0 radical (unpaired) electrons. The van der Waals surface area contributed by atoms with Crippen LogP contribution in [0.15, 0.2) is 22.7 Å². The molecule has 0 fully saturated rings. The van der Waals surface area contributed by atoms with Crippen LogP contribution in [-0.2, 0) is 4.79 Å². The van der Waals surface area contributed by atoms with Gasteiger partial charge in [-0.25, -0.2) is 0 Å². The molecule has 104 valence electrons. The lowest BCUT2D eigenvalue weighted by Crippen LogP contribution is -2.40. The summed E-state index contributed by atoms with van der Waals surface area (Å²) in [6.45, 7) is 3.77. The number of carboxylic acids is 1. The lowest BCUT2D eigenvalue weighted by molar-refractivity contribution is -0.137. The topological polar surface area (TPSA) is 66.4 Å². The number of hydrogen-bond acceptors (Lipinski definition) is 2. The first-order valence-corrected chi connectivity index (χ1v) is 7.66.